The van der Waals surface area contributed by atoms with E-state index in [2.05, 4.69) is 5.32 Å². The van der Waals surface area contributed by atoms with Gasteiger partial charge in [0.15, 0.2) is 0 Å². The zero-order valence-electron chi connectivity index (χ0n) is 10.3. The molecule has 1 N–H and O–H groups in total. The summed E-state index contributed by atoms with van der Waals surface area (Å²) in [5.41, 5.74) is 0.831. The van der Waals surface area contributed by atoms with Crippen LogP contribution in [-0.2, 0) is 14.9 Å². The first kappa shape index (κ1) is 13.4. The van der Waals surface area contributed by atoms with Crippen LogP contribution in [0, 0.1) is 0 Å². The number of halogens is 1. The predicted molar refractivity (Wildman–Crippen MR) is 71.9 cm³/mol. The Kier molecular flexibility index (Phi) is 4.61. The van der Waals surface area contributed by atoms with Gasteiger partial charge in [0, 0.05) is 12.4 Å². The molecular weight excluding hydrogens is 250 g/mol. The number of hydrogen-bond donors (Lipinski definition) is 1. The van der Waals surface area contributed by atoms with Crippen LogP contribution in [0.4, 0.5) is 0 Å². The standard InChI is InChI=1S/C14H18ClNO2/c15-8-10-18-11-9-16-13(17)14(6-7-14)12-4-2-1-3-5-12/h1-5H,6-11H2,(H,16,17). The van der Waals surface area contributed by atoms with E-state index in [0.717, 1.165) is 18.4 Å². The second kappa shape index (κ2) is 6.21. The Morgan fingerprint density at radius 3 is 2.61 bits per heavy atom. The highest BCUT2D eigenvalue weighted by molar-refractivity contribution is 6.17. The largest absolute Gasteiger partial charge is 0.378 e. The van der Waals surface area contributed by atoms with Crippen molar-refractivity contribution in [2.45, 2.75) is 18.3 Å². The monoisotopic (exact) mass is 267 g/mol. The van der Waals surface area contributed by atoms with E-state index in [1.165, 1.54) is 0 Å². The molecule has 4 heteroatoms. The second-order valence-electron chi connectivity index (χ2n) is 4.51. The number of ether oxygens (including phenoxy) is 1. The van der Waals surface area contributed by atoms with Crippen molar-refractivity contribution in [2.75, 3.05) is 25.6 Å². The minimum absolute atomic E-state index is 0.114. The van der Waals surface area contributed by atoms with Crippen LogP contribution in [0.25, 0.3) is 0 Å². The van der Waals surface area contributed by atoms with E-state index >= 15 is 0 Å². The van der Waals surface area contributed by atoms with Crippen LogP contribution in [0.1, 0.15) is 18.4 Å². The summed E-state index contributed by atoms with van der Waals surface area (Å²) in [6.45, 7) is 1.59. The summed E-state index contributed by atoms with van der Waals surface area (Å²) in [5.74, 6) is 0.602. The molecule has 0 saturated heterocycles. The second-order valence-corrected chi connectivity index (χ2v) is 4.88. The Labute approximate surface area is 112 Å². The number of rotatable bonds is 7. The maximum Gasteiger partial charge on any atom is 0.230 e. The van der Waals surface area contributed by atoms with Crippen molar-refractivity contribution >= 4 is 17.5 Å². The highest BCUT2D eigenvalue weighted by Gasteiger charge is 2.50. The van der Waals surface area contributed by atoms with Gasteiger partial charge in [0.1, 0.15) is 0 Å². The molecule has 1 aromatic carbocycles. The van der Waals surface area contributed by atoms with Gasteiger partial charge in [0.05, 0.1) is 18.6 Å². The molecule has 3 nitrogen and oxygen atoms in total. The SMILES string of the molecule is O=C(NCCOCCCl)C1(c2ccccc2)CC1. The summed E-state index contributed by atoms with van der Waals surface area (Å²) < 4.78 is 5.23. The van der Waals surface area contributed by atoms with Crippen molar-refractivity contribution in [3.8, 4) is 0 Å². The van der Waals surface area contributed by atoms with Crippen LogP contribution in [0.15, 0.2) is 30.3 Å². The summed E-state index contributed by atoms with van der Waals surface area (Å²) in [4.78, 5) is 12.2. The topological polar surface area (TPSA) is 38.3 Å². The maximum atomic E-state index is 12.2. The molecule has 98 valence electrons. The van der Waals surface area contributed by atoms with Crippen LogP contribution in [-0.4, -0.2) is 31.5 Å². The molecule has 1 aromatic rings. The average molecular weight is 268 g/mol. The number of carbonyl (C=O) groups is 1. The van der Waals surface area contributed by atoms with Crippen LogP contribution in [0.5, 0.6) is 0 Å². The van der Waals surface area contributed by atoms with Crippen molar-refractivity contribution in [1.82, 2.24) is 5.32 Å². The van der Waals surface area contributed by atoms with Gasteiger partial charge in [-0.15, -0.1) is 11.6 Å². The van der Waals surface area contributed by atoms with Crippen LogP contribution in [0.2, 0.25) is 0 Å². The fourth-order valence-corrected chi connectivity index (χ4v) is 2.20. The van der Waals surface area contributed by atoms with Gasteiger partial charge in [-0.05, 0) is 18.4 Å². The highest BCUT2D eigenvalue weighted by atomic mass is 35.5. The quantitative estimate of drug-likeness (QED) is 0.607. The fraction of sp³-hybridized carbons (Fsp3) is 0.500. The molecule has 0 aromatic heterocycles. The number of hydrogen-bond acceptors (Lipinski definition) is 2. The summed E-state index contributed by atoms with van der Waals surface area (Å²) in [6, 6.07) is 9.98. The molecule has 1 aliphatic rings. The summed E-state index contributed by atoms with van der Waals surface area (Å²) in [5, 5.41) is 2.94. The molecule has 0 heterocycles. The molecule has 0 spiro atoms. The van der Waals surface area contributed by atoms with Gasteiger partial charge < -0.3 is 10.1 Å². The Morgan fingerprint density at radius 2 is 2.00 bits per heavy atom. The smallest absolute Gasteiger partial charge is 0.230 e. The summed E-state index contributed by atoms with van der Waals surface area (Å²) in [7, 11) is 0. The fourth-order valence-electron chi connectivity index (χ4n) is 2.09. The van der Waals surface area contributed by atoms with E-state index in [9.17, 15) is 4.79 Å². The predicted octanol–water partition coefficient (Wildman–Crippen LogP) is 2.09. The lowest BCUT2D eigenvalue weighted by atomic mass is 9.95. The van der Waals surface area contributed by atoms with Crippen LogP contribution in [0.3, 0.4) is 0 Å². The van der Waals surface area contributed by atoms with Gasteiger partial charge in [-0.2, -0.15) is 0 Å². The number of amides is 1. The van der Waals surface area contributed by atoms with Crippen molar-refractivity contribution in [1.29, 1.82) is 0 Å². The summed E-state index contributed by atoms with van der Waals surface area (Å²) >= 11 is 5.49. The zero-order chi connectivity index (χ0) is 12.8. The molecule has 1 saturated carbocycles. The number of nitrogens with one attached hydrogen (secondary N) is 1. The van der Waals surface area contributed by atoms with E-state index in [4.69, 9.17) is 16.3 Å². The lowest BCUT2D eigenvalue weighted by molar-refractivity contribution is -0.123. The van der Waals surface area contributed by atoms with Gasteiger partial charge >= 0.3 is 0 Å². The normalized spacial score (nSPS) is 16.3. The molecular formula is C14H18ClNO2. The molecule has 0 aliphatic heterocycles. The first-order valence-corrected chi connectivity index (χ1v) is 6.80. The van der Waals surface area contributed by atoms with E-state index in [-0.39, 0.29) is 11.3 Å². The summed E-state index contributed by atoms with van der Waals surface area (Å²) in [6.07, 6.45) is 1.87. The Hall–Kier alpha value is -1.06. The van der Waals surface area contributed by atoms with Crippen LogP contribution >= 0.6 is 11.6 Å². The zero-order valence-corrected chi connectivity index (χ0v) is 11.1. The molecule has 1 aliphatic carbocycles. The van der Waals surface area contributed by atoms with Crippen molar-refractivity contribution < 1.29 is 9.53 Å². The Bertz CT molecular complexity index is 390. The van der Waals surface area contributed by atoms with Crippen molar-refractivity contribution in [2.24, 2.45) is 0 Å². The van der Waals surface area contributed by atoms with E-state index < -0.39 is 0 Å². The number of carbonyl (C=O) groups excluding carboxylic acids is 1. The lowest BCUT2D eigenvalue weighted by Crippen LogP contribution is -2.36. The van der Waals surface area contributed by atoms with Gasteiger partial charge in [0.25, 0.3) is 0 Å². The lowest BCUT2D eigenvalue weighted by Gasteiger charge is -2.15. The van der Waals surface area contributed by atoms with Gasteiger partial charge in [-0.1, -0.05) is 30.3 Å². The Morgan fingerprint density at radius 1 is 1.28 bits per heavy atom. The van der Waals surface area contributed by atoms with Crippen molar-refractivity contribution in [3.63, 3.8) is 0 Å². The molecule has 1 amide bonds. The molecule has 2 rings (SSSR count). The first-order valence-electron chi connectivity index (χ1n) is 6.27. The highest BCUT2D eigenvalue weighted by Crippen LogP contribution is 2.48. The molecule has 0 unspecified atom stereocenters. The van der Waals surface area contributed by atoms with Crippen LogP contribution < -0.4 is 5.32 Å². The van der Waals surface area contributed by atoms with E-state index in [1.807, 2.05) is 30.3 Å². The minimum atomic E-state index is -0.284. The van der Waals surface area contributed by atoms with Gasteiger partial charge in [-0.25, -0.2) is 0 Å². The maximum absolute atomic E-state index is 12.2. The number of alkyl halides is 1. The average Bonchev–Trinajstić information content (AvgIpc) is 3.21. The molecule has 0 bridgehead atoms. The molecule has 0 radical (unpaired) electrons. The molecule has 1 fully saturated rings. The molecule has 18 heavy (non-hydrogen) atoms. The van der Waals surface area contributed by atoms with Gasteiger partial charge in [-0.3, -0.25) is 4.79 Å². The number of benzene rings is 1. The third-order valence-corrected chi connectivity index (χ3v) is 3.42. The van der Waals surface area contributed by atoms with Gasteiger partial charge in [0.2, 0.25) is 5.91 Å². The third kappa shape index (κ3) is 3.03. The third-order valence-electron chi connectivity index (χ3n) is 3.26. The molecule has 0 atom stereocenters. The first-order chi connectivity index (χ1) is 8.79. The van der Waals surface area contributed by atoms with E-state index in [1.54, 1.807) is 0 Å². The van der Waals surface area contributed by atoms with Crippen molar-refractivity contribution in [3.05, 3.63) is 35.9 Å². The Balaban J connectivity index is 1.82. The minimum Gasteiger partial charge on any atom is -0.378 e. The van der Waals surface area contributed by atoms with E-state index in [0.29, 0.717) is 25.6 Å².